The molecule has 0 spiro atoms. The number of rotatable bonds is 5. The second-order valence-electron chi connectivity index (χ2n) is 3.56. The molecule has 5 heteroatoms. The SMILES string of the molecule is [2H]C(OC(=O)C(N)(CC)C(=O)O)c1ccccc1. The van der Waals surface area contributed by atoms with Crippen LogP contribution in [0.4, 0.5) is 0 Å². The molecular formula is C12H15NO4. The molecule has 1 aromatic rings. The summed E-state index contributed by atoms with van der Waals surface area (Å²) in [6, 6.07) is 8.36. The molecule has 0 aliphatic carbocycles. The van der Waals surface area contributed by atoms with Crippen LogP contribution in [0.5, 0.6) is 0 Å². The molecule has 0 aliphatic rings. The van der Waals surface area contributed by atoms with E-state index < -0.39 is 24.1 Å². The molecule has 2 unspecified atom stereocenters. The molecule has 1 rings (SSSR count). The van der Waals surface area contributed by atoms with Crippen LogP contribution in [-0.4, -0.2) is 22.6 Å². The van der Waals surface area contributed by atoms with Crippen molar-refractivity contribution < 1.29 is 20.8 Å². The van der Waals surface area contributed by atoms with Gasteiger partial charge in [-0.05, 0) is 12.0 Å². The van der Waals surface area contributed by atoms with E-state index in [0.29, 0.717) is 5.56 Å². The van der Waals surface area contributed by atoms with Gasteiger partial charge in [-0.2, -0.15) is 0 Å². The number of carbonyl (C=O) groups is 2. The summed E-state index contributed by atoms with van der Waals surface area (Å²) in [6.07, 6.45) is -0.108. The van der Waals surface area contributed by atoms with Crippen LogP contribution >= 0.6 is 0 Å². The number of carboxylic acid groups (broad SMARTS) is 1. The summed E-state index contributed by atoms with van der Waals surface area (Å²) in [5.41, 5.74) is 3.80. The van der Waals surface area contributed by atoms with Crippen molar-refractivity contribution in [2.24, 2.45) is 5.73 Å². The Morgan fingerprint density at radius 1 is 1.47 bits per heavy atom. The topological polar surface area (TPSA) is 89.6 Å². The second kappa shape index (κ2) is 5.45. The molecule has 0 fully saturated rings. The number of aliphatic carboxylic acids is 1. The summed E-state index contributed by atoms with van der Waals surface area (Å²) < 4.78 is 12.4. The molecule has 0 aromatic heterocycles. The Bertz CT molecular complexity index is 437. The molecule has 0 bridgehead atoms. The largest absolute Gasteiger partial charge is 0.479 e. The average molecular weight is 238 g/mol. The molecule has 0 saturated heterocycles. The first-order chi connectivity index (χ1) is 8.41. The fraction of sp³-hybridized carbons (Fsp3) is 0.333. The quantitative estimate of drug-likeness (QED) is 0.588. The van der Waals surface area contributed by atoms with Crippen LogP contribution in [0.3, 0.4) is 0 Å². The number of hydrogen-bond donors (Lipinski definition) is 2. The highest BCUT2D eigenvalue weighted by molar-refractivity contribution is 6.03. The van der Waals surface area contributed by atoms with Gasteiger partial charge in [0.15, 0.2) is 0 Å². The number of esters is 1. The van der Waals surface area contributed by atoms with Gasteiger partial charge in [-0.15, -0.1) is 0 Å². The first kappa shape index (κ1) is 11.6. The van der Waals surface area contributed by atoms with Gasteiger partial charge in [0.25, 0.3) is 0 Å². The Hall–Kier alpha value is -1.88. The van der Waals surface area contributed by atoms with E-state index in [4.69, 9.17) is 16.9 Å². The van der Waals surface area contributed by atoms with Crippen LogP contribution in [0, 0.1) is 0 Å². The van der Waals surface area contributed by atoms with Gasteiger partial charge < -0.3 is 15.6 Å². The lowest BCUT2D eigenvalue weighted by molar-refractivity contribution is -0.162. The van der Waals surface area contributed by atoms with E-state index in [-0.39, 0.29) is 6.42 Å². The van der Waals surface area contributed by atoms with Crippen molar-refractivity contribution in [1.29, 1.82) is 0 Å². The van der Waals surface area contributed by atoms with Crippen LogP contribution < -0.4 is 5.73 Å². The summed E-state index contributed by atoms with van der Waals surface area (Å²) in [5, 5.41) is 8.90. The van der Waals surface area contributed by atoms with E-state index in [2.05, 4.69) is 0 Å². The lowest BCUT2D eigenvalue weighted by Gasteiger charge is -2.20. The summed E-state index contributed by atoms with van der Waals surface area (Å²) in [4.78, 5) is 22.6. The fourth-order valence-corrected chi connectivity index (χ4v) is 1.14. The predicted octanol–water partition coefficient (Wildman–Crippen LogP) is 0.922. The minimum Gasteiger partial charge on any atom is -0.479 e. The Kier molecular flexibility index (Phi) is 3.72. The van der Waals surface area contributed by atoms with Gasteiger partial charge in [-0.3, -0.25) is 0 Å². The Morgan fingerprint density at radius 2 is 2.06 bits per heavy atom. The number of carbonyl (C=O) groups excluding carboxylic acids is 1. The van der Waals surface area contributed by atoms with E-state index >= 15 is 0 Å². The van der Waals surface area contributed by atoms with Gasteiger partial charge in [0, 0.05) is 0 Å². The monoisotopic (exact) mass is 238 g/mol. The highest BCUT2D eigenvalue weighted by Crippen LogP contribution is 2.11. The van der Waals surface area contributed by atoms with Gasteiger partial charge in [0.2, 0.25) is 5.54 Å². The van der Waals surface area contributed by atoms with Crippen LogP contribution in [0.25, 0.3) is 0 Å². The first-order valence-electron chi connectivity index (χ1n) is 5.70. The molecule has 1 aromatic carbocycles. The zero-order valence-electron chi connectivity index (χ0n) is 10.4. The number of benzene rings is 1. The van der Waals surface area contributed by atoms with E-state index in [1.165, 1.54) is 6.92 Å². The number of nitrogens with two attached hydrogens (primary N) is 1. The van der Waals surface area contributed by atoms with Crippen molar-refractivity contribution >= 4 is 11.9 Å². The lowest BCUT2D eigenvalue weighted by atomic mass is 9.98. The van der Waals surface area contributed by atoms with E-state index in [1.807, 2.05) is 0 Å². The molecule has 0 amide bonds. The maximum Gasteiger partial charge on any atom is 0.338 e. The number of carboxylic acids is 1. The summed E-state index contributed by atoms with van der Waals surface area (Å²) in [5.74, 6) is -2.57. The van der Waals surface area contributed by atoms with E-state index in [0.717, 1.165) is 0 Å². The Balaban J connectivity index is 2.79. The molecule has 2 atom stereocenters. The highest BCUT2D eigenvalue weighted by Gasteiger charge is 2.42. The molecule has 92 valence electrons. The summed E-state index contributed by atoms with van der Waals surface area (Å²) in [6.45, 7) is 0.184. The third-order valence-electron chi connectivity index (χ3n) is 2.41. The molecule has 3 N–H and O–H groups in total. The zero-order valence-corrected chi connectivity index (χ0v) is 9.42. The standard InChI is InChI=1S/C12H15NO4/c1-2-12(13,10(14)15)11(16)17-8-9-6-4-3-5-7-9/h3-7H,2,8,13H2,1H3,(H,14,15)/i8D. The maximum absolute atomic E-state index is 11.7. The van der Waals surface area contributed by atoms with E-state index in [1.54, 1.807) is 30.3 Å². The Morgan fingerprint density at radius 3 is 2.53 bits per heavy atom. The molecule has 0 radical (unpaired) electrons. The smallest absolute Gasteiger partial charge is 0.338 e. The van der Waals surface area contributed by atoms with Crippen LogP contribution in [-0.2, 0) is 20.9 Å². The van der Waals surface area contributed by atoms with Crippen LogP contribution in [0.2, 0.25) is 0 Å². The molecule has 0 saturated carbocycles. The first-order valence-corrected chi connectivity index (χ1v) is 5.12. The molecule has 5 nitrogen and oxygen atoms in total. The molecular weight excluding hydrogens is 222 g/mol. The van der Waals surface area contributed by atoms with Gasteiger partial charge in [-0.25, -0.2) is 9.59 Å². The highest BCUT2D eigenvalue weighted by atomic mass is 16.5. The minimum atomic E-state index is -2.10. The maximum atomic E-state index is 11.7. The predicted molar refractivity (Wildman–Crippen MR) is 61.1 cm³/mol. The number of ether oxygens (including phenoxy) is 1. The van der Waals surface area contributed by atoms with Crippen molar-refractivity contribution in [3.05, 3.63) is 35.9 Å². The molecule has 17 heavy (non-hydrogen) atoms. The minimum absolute atomic E-state index is 0.108. The van der Waals surface area contributed by atoms with Crippen LogP contribution in [0.15, 0.2) is 30.3 Å². The van der Waals surface area contributed by atoms with E-state index in [9.17, 15) is 9.59 Å². The van der Waals surface area contributed by atoms with Gasteiger partial charge in [-0.1, -0.05) is 37.3 Å². The van der Waals surface area contributed by atoms with Crippen molar-refractivity contribution in [1.82, 2.24) is 0 Å². The van der Waals surface area contributed by atoms with Crippen molar-refractivity contribution in [3.63, 3.8) is 0 Å². The van der Waals surface area contributed by atoms with Crippen molar-refractivity contribution in [3.8, 4) is 0 Å². The second-order valence-corrected chi connectivity index (χ2v) is 3.56. The van der Waals surface area contributed by atoms with Gasteiger partial charge in [0.1, 0.15) is 6.58 Å². The normalized spacial score (nSPS) is 16.5. The lowest BCUT2D eigenvalue weighted by Crippen LogP contribution is -2.55. The average Bonchev–Trinajstić information content (AvgIpc) is 2.38. The van der Waals surface area contributed by atoms with Crippen molar-refractivity contribution in [2.75, 3.05) is 0 Å². The third kappa shape index (κ3) is 3.04. The number of hydrogen-bond acceptors (Lipinski definition) is 4. The zero-order chi connectivity index (χ0) is 13.8. The van der Waals surface area contributed by atoms with Gasteiger partial charge >= 0.3 is 11.9 Å². The molecule has 0 aliphatic heterocycles. The summed E-state index contributed by atoms with van der Waals surface area (Å²) in [7, 11) is 0. The van der Waals surface area contributed by atoms with Crippen molar-refractivity contribution in [2.45, 2.75) is 25.5 Å². The third-order valence-corrected chi connectivity index (χ3v) is 2.41. The summed E-state index contributed by atoms with van der Waals surface area (Å²) >= 11 is 0. The fourth-order valence-electron chi connectivity index (χ4n) is 1.14. The Labute approximate surface area is 101 Å². The van der Waals surface area contributed by atoms with Crippen LogP contribution in [0.1, 0.15) is 20.3 Å². The van der Waals surface area contributed by atoms with Gasteiger partial charge in [0.05, 0.1) is 1.37 Å². The molecule has 0 heterocycles.